The van der Waals surface area contributed by atoms with Crippen LogP contribution in [0, 0.1) is 28.4 Å². The predicted octanol–water partition coefficient (Wildman–Crippen LogP) is 2.28. The number of nitro benzene ring substituents is 1. The molecule has 0 aromatic heterocycles. The monoisotopic (exact) mass is 261 g/mol. The number of rotatable bonds is 5. The van der Waals surface area contributed by atoms with Gasteiger partial charge in [0.25, 0.3) is 11.6 Å². The van der Waals surface area contributed by atoms with E-state index in [1.165, 1.54) is 17.0 Å². The molecule has 0 fully saturated rings. The number of benzene rings is 1. The maximum atomic E-state index is 12.3. The standard InChI is InChI=1S/C13H15N3O3/c1-3-7-15(8-6-14)13(17)12-9-11(16(18)19)5-4-10(12)2/h4-5,9H,3,7-8H2,1-2H3. The molecule has 19 heavy (non-hydrogen) atoms. The third-order valence-corrected chi connectivity index (χ3v) is 2.70. The van der Waals surface area contributed by atoms with Crippen molar-refractivity contribution in [1.29, 1.82) is 5.26 Å². The van der Waals surface area contributed by atoms with Crippen molar-refractivity contribution in [3.8, 4) is 6.07 Å². The molecule has 0 spiro atoms. The van der Waals surface area contributed by atoms with Crippen molar-refractivity contribution in [3.05, 3.63) is 39.4 Å². The fourth-order valence-electron chi connectivity index (χ4n) is 1.73. The van der Waals surface area contributed by atoms with Crippen molar-refractivity contribution in [1.82, 2.24) is 4.90 Å². The van der Waals surface area contributed by atoms with Gasteiger partial charge in [0.1, 0.15) is 6.54 Å². The zero-order valence-corrected chi connectivity index (χ0v) is 10.9. The zero-order chi connectivity index (χ0) is 14.4. The smallest absolute Gasteiger partial charge is 0.270 e. The molecule has 0 saturated heterocycles. The maximum Gasteiger partial charge on any atom is 0.270 e. The molecule has 0 aliphatic rings. The lowest BCUT2D eigenvalue weighted by Crippen LogP contribution is -2.32. The van der Waals surface area contributed by atoms with E-state index in [1.54, 1.807) is 13.0 Å². The summed E-state index contributed by atoms with van der Waals surface area (Å²) in [6.07, 6.45) is 0.724. The Balaban J connectivity index is 3.13. The Morgan fingerprint density at radius 1 is 1.53 bits per heavy atom. The second kappa shape index (κ2) is 6.50. The third kappa shape index (κ3) is 3.52. The van der Waals surface area contributed by atoms with Gasteiger partial charge < -0.3 is 4.90 Å². The van der Waals surface area contributed by atoms with Crippen LogP contribution in [0.15, 0.2) is 18.2 Å². The van der Waals surface area contributed by atoms with Crippen LogP contribution < -0.4 is 0 Å². The number of nitro groups is 1. The van der Waals surface area contributed by atoms with E-state index in [-0.39, 0.29) is 23.7 Å². The summed E-state index contributed by atoms with van der Waals surface area (Å²) in [4.78, 5) is 23.9. The van der Waals surface area contributed by atoms with E-state index in [1.807, 2.05) is 13.0 Å². The average Bonchev–Trinajstić information content (AvgIpc) is 2.38. The predicted molar refractivity (Wildman–Crippen MR) is 69.6 cm³/mol. The molecule has 0 aliphatic carbocycles. The molecular weight excluding hydrogens is 246 g/mol. The van der Waals surface area contributed by atoms with Crippen LogP contribution in [0.3, 0.4) is 0 Å². The first kappa shape index (κ1) is 14.6. The van der Waals surface area contributed by atoms with Crippen LogP contribution >= 0.6 is 0 Å². The van der Waals surface area contributed by atoms with Gasteiger partial charge in [-0.15, -0.1) is 0 Å². The van der Waals surface area contributed by atoms with Crippen molar-refractivity contribution in [2.45, 2.75) is 20.3 Å². The number of carbonyl (C=O) groups excluding carboxylic acids is 1. The third-order valence-electron chi connectivity index (χ3n) is 2.70. The Morgan fingerprint density at radius 2 is 2.21 bits per heavy atom. The van der Waals surface area contributed by atoms with E-state index in [9.17, 15) is 14.9 Å². The van der Waals surface area contributed by atoms with E-state index >= 15 is 0 Å². The van der Waals surface area contributed by atoms with Gasteiger partial charge in [-0.05, 0) is 18.9 Å². The van der Waals surface area contributed by atoms with Gasteiger partial charge in [-0.3, -0.25) is 14.9 Å². The molecule has 0 bridgehead atoms. The van der Waals surface area contributed by atoms with Crippen LogP contribution in [0.4, 0.5) is 5.69 Å². The second-order valence-electron chi connectivity index (χ2n) is 4.14. The zero-order valence-electron chi connectivity index (χ0n) is 10.9. The molecule has 6 heteroatoms. The summed E-state index contributed by atoms with van der Waals surface area (Å²) in [5, 5.41) is 19.5. The number of hydrogen-bond acceptors (Lipinski definition) is 4. The summed E-state index contributed by atoms with van der Waals surface area (Å²) in [6, 6.07) is 6.10. The van der Waals surface area contributed by atoms with Crippen LogP contribution in [0.5, 0.6) is 0 Å². The van der Waals surface area contributed by atoms with Crippen molar-refractivity contribution < 1.29 is 9.72 Å². The Labute approximate surface area is 111 Å². The number of amides is 1. The molecule has 0 aliphatic heterocycles. The summed E-state index contributed by atoms with van der Waals surface area (Å²) in [7, 11) is 0. The summed E-state index contributed by atoms with van der Waals surface area (Å²) in [5.41, 5.74) is 0.815. The number of aryl methyl sites for hydroxylation is 1. The quantitative estimate of drug-likeness (QED) is 0.462. The molecule has 0 radical (unpaired) electrons. The van der Waals surface area contributed by atoms with Gasteiger partial charge in [0.2, 0.25) is 0 Å². The summed E-state index contributed by atoms with van der Waals surface area (Å²) < 4.78 is 0. The number of carbonyl (C=O) groups is 1. The molecule has 1 amide bonds. The minimum atomic E-state index is -0.537. The second-order valence-corrected chi connectivity index (χ2v) is 4.14. The largest absolute Gasteiger partial charge is 0.325 e. The highest BCUT2D eigenvalue weighted by Crippen LogP contribution is 2.19. The number of nitrogens with zero attached hydrogens (tertiary/aromatic N) is 3. The number of hydrogen-bond donors (Lipinski definition) is 0. The van der Waals surface area contributed by atoms with E-state index < -0.39 is 4.92 Å². The molecule has 6 nitrogen and oxygen atoms in total. The number of non-ortho nitro benzene ring substituents is 1. The van der Waals surface area contributed by atoms with Crippen LogP contribution in [0.2, 0.25) is 0 Å². The van der Waals surface area contributed by atoms with E-state index in [0.717, 1.165) is 6.42 Å². The molecule has 1 aromatic rings. The van der Waals surface area contributed by atoms with Gasteiger partial charge in [-0.25, -0.2) is 0 Å². The summed E-state index contributed by atoms with van der Waals surface area (Å²) in [5.74, 6) is -0.343. The first-order chi connectivity index (χ1) is 9.01. The van der Waals surface area contributed by atoms with Crippen LogP contribution in [-0.4, -0.2) is 28.8 Å². The molecule has 100 valence electrons. The maximum absolute atomic E-state index is 12.3. The van der Waals surface area contributed by atoms with E-state index in [0.29, 0.717) is 12.1 Å². The summed E-state index contributed by atoms with van der Waals surface area (Å²) in [6.45, 7) is 4.05. The van der Waals surface area contributed by atoms with Crippen molar-refractivity contribution in [2.75, 3.05) is 13.1 Å². The fraction of sp³-hybridized carbons (Fsp3) is 0.385. The van der Waals surface area contributed by atoms with Crippen LogP contribution in [-0.2, 0) is 0 Å². The first-order valence-electron chi connectivity index (χ1n) is 5.92. The van der Waals surface area contributed by atoms with Gasteiger partial charge in [0.05, 0.1) is 11.0 Å². The van der Waals surface area contributed by atoms with E-state index in [2.05, 4.69) is 0 Å². The Morgan fingerprint density at radius 3 is 2.74 bits per heavy atom. The van der Waals surface area contributed by atoms with Gasteiger partial charge in [-0.1, -0.05) is 13.0 Å². The van der Waals surface area contributed by atoms with Crippen molar-refractivity contribution in [2.24, 2.45) is 0 Å². The average molecular weight is 261 g/mol. The van der Waals surface area contributed by atoms with Gasteiger partial charge in [-0.2, -0.15) is 5.26 Å². The van der Waals surface area contributed by atoms with Crippen molar-refractivity contribution in [3.63, 3.8) is 0 Å². The summed E-state index contributed by atoms with van der Waals surface area (Å²) >= 11 is 0. The molecular formula is C13H15N3O3. The molecule has 0 N–H and O–H groups in total. The highest BCUT2D eigenvalue weighted by atomic mass is 16.6. The van der Waals surface area contributed by atoms with Gasteiger partial charge in [0.15, 0.2) is 0 Å². The van der Waals surface area contributed by atoms with Crippen LogP contribution in [0.1, 0.15) is 29.3 Å². The molecule has 1 aromatic carbocycles. The molecule has 0 unspecified atom stereocenters. The first-order valence-corrected chi connectivity index (χ1v) is 5.92. The lowest BCUT2D eigenvalue weighted by Gasteiger charge is -2.19. The van der Waals surface area contributed by atoms with Crippen molar-refractivity contribution >= 4 is 11.6 Å². The Bertz CT molecular complexity index is 534. The highest BCUT2D eigenvalue weighted by Gasteiger charge is 2.19. The number of nitriles is 1. The lowest BCUT2D eigenvalue weighted by molar-refractivity contribution is -0.384. The highest BCUT2D eigenvalue weighted by molar-refractivity contribution is 5.96. The topological polar surface area (TPSA) is 87.2 Å². The minimum absolute atomic E-state index is 0.0190. The Hall–Kier alpha value is -2.42. The normalized spacial score (nSPS) is 9.74. The lowest BCUT2D eigenvalue weighted by atomic mass is 10.1. The Kier molecular flexibility index (Phi) is 5.01. The van der Waals surface area contributed by atoms with Crippen LogP contribution in [0.25, 0.3) is 0 Å². The SMILES string of the molecule is CCCN(CC#N)C(=O)c1cc([N+](=O)[O-])ccc1C. The fourth-order valence-corrected chi connectivity index (χ4v) is 1.73. The molecule has 1 rings (SSSR count). The van der Waals surface area contributed by atoms with Gasteiger partial charge >= 0.3 is 0 Å². The molecule has 0 atom stereocenters. The van der Waals surface area contributed by atoms with Gasteiger partial charge in [0, 0.05) is 24.2 Å². The minimum Gasteiger partial charge on any atom is -0.325 e. The molecule has 0 saturated carbocycles. The van der Waals surface area contributed by atoms with E-state index in [4.69, 9.17) is 5.26 Å². The molecule has 0 heterocycles.